The lowest BCUT2D eigenvalue weighted by molar-refractivity contribution is 0.0973. The summed E-state index contributed by atoms with van der Waals surface area (Å²) in [7, 11) is 1.61. The Morgan fingerprint density at radius 1 is 1.19 bits per heavy atom. The summed E-state index contributed by atoms with van der Waals surface area (Å²) in [5.41, 5.74) is 3.51. The lowest BCUT2D eigenvalue weighted by Crippen LogP contribution is -2.15. The molecule has 0 aliphatic carbocycles. The van der Waals surface area contributed by atoms with E-state index in [1.807, 2.05) is 42.5 Å². The summed E-state index contributed by atoms with van der Waals surface area (Å²) in [4.78, 5) is 16.9. The van der Waals surface area contributed by atoms with Crippen molar-refractivity contribution in [2.75, 3.05) is 7.11 Å². The Bertz CT molecular complexity index is 850. The number of aromatic nitrogens is 2. The number of aryl methyl sites for hydroxylation is 1. The normalized spacial score (nSPS) is 13.7. The number of rotatable bonds is 2. The van der Waals surface area contributed by atoms with Gasteiger partial charge in [0.15, 0.2) is 5.78 Å². The summed E-state index contributed by atoms with van der Waals surface area (Å²) in [5.74, 6) is 1.75. The average Bonchev–Trinajstić information content (AvgIpc) is 2.91. The number of benzene rings is 2. The first kappa shape index (κ1) is 12.1. The van der Waals surface area contributed by atoms with E-state index < -0.39 is 0 Å². The van der Waals surface area contributed by atoms with Gasteiger partial charge in [-0.25, -0.2) is 4.98 Å². The molecule has 4 nitrogen and oxygen atoms in total. The summed E-state index contributed by atoms with van der Waals surface area (Å²) in [5, 5.41) is 0. The molecule has 0 unspecified atom stereocenters. The van der Waals surface area contributed by atoms with Crippen LogP contribution in [0.3, 0.4) is 0 Å². The zero-order valence-electron chi connectivity index (χ0n) is 11.7. The van der Waals surface area contributed by atoms with Crippen LogP contribution in [0.25, 0.3) is 22.4 Å². The summed E-state index contributed by atoms with van der Waals surface area (Å²) >= 11 is 0. The van der Waals surface area contributed by atoms with Crippen LogP contribution in [0, 0.1) is 0 Å². The Kier molecular flexibility index (Phi) is 2.57. The SMILES string of the molecule is COc1cc2c3c(c1)nc(-c1ccccc1)n3CCC2=O. The Hall–Kier alpha value is -2.62. The number of imidazole rings is 1. The standard InChI is InChI=1S/C17H14N2O2/c1-21-12-9-13-15(20)7-8-19-16(13)14(10-12)18-17(19)11-5-3-2-4-6-11/h2-6,9-10H,7-8H2,1H3. The van der Waals surface area contributed by atoms with Crippen LogP contribution in [-0.4, -0.2) is 22.4 Å². The minimum Gasteiger partial charge on any atom is -0.497 e. The molecule has 2 aromatic carbocycles. The van der Waals surface area contributed by atoms with Crippen molar-refractivity contribution in [1.82, 2.24) is 9.55 Å². The van der Waals surface area contributed by atoms with E-state index in [0.29, 0.717) is 24.3 Å². The molecular weight excluding hydrogens is 264 g/mol. The van der Waals surface area contributed by atoms with E-state index in [-0.39, 0.29) is 5.78 Å². The molecule has 1 aromatic heterocycles. The molecule has 4 rings (SSSR count). The second-order valence-corrected chi connectivity index (χ2v) is 5.17. The van der Waals surface area contributed by atoms with Crippen LogP contribution in [0.4, 0.5) is 0 Å². The number of methoxy groups -OCH3 is 1. The minimum absolute atomic E-state index is 0.158. The monoisotopic (exact) mass is 278 g/mol. The van der Waals surface area contributed by atoms with E-state index >= 15 is 0 Å². The topological polar surface area (TPSA) is 44.1 Å². The predicted octanol–water partition coefficient (Wildman–Crippen LogP) is 3.30. The lowest BCUT2D eigenvalue weighted by Gasteiger charge is -2.16. The van der Waals surface area contributed by atoms with Gasteiger partial charge in [-0.05, 0) is 6.07 Å². The molecule has 0 N–H and O–H groups in total. The summed E-state index contributed by atoms with van der Waals surface area (Å²) in [6.07, 6.45) is 0.505. The highest BCUT2D eigenvalue weighted by Gasteiger charge is 2.24. The number of Topliss-reactive ketones (excluding diaryl/α,β-unsaturated/α-hetero) is 1. The van der Waals surface area contributed by atoms with Crippen molar-refractivity contribution in [2.45, 2.75) is 13.0 Å². The number of hydrogen-bond donors (Lipinski definition) is 0. The second-order valence-electron chi connectivity index (χ2n) is 5.17. The first-order valence-electron chi connectivity index (χ1n) is 6.95. The number of ether oxygens (including phenoxy) is 1. The first-order valence-corrected chi connectivity index (χ1v) is 6.95. The molecule has 0 saturated heterocycles. The average molecular weight is 278 g/mol. The fourth-order valence-electron chi connectivity index (χ4n) is 2.95. The lowest BCUT2D eigenvalue weighted by atomic mass is 10.0. The Morgan fingerprint density at radius 2 is 2.00 bits per heavy atom. The Balaban J connectivity index is 2.06. The van der Waals surface area contributed by atoms with E-state index in [0.717, 1.165) is 22.4 Å². The summed E-state index contributed by atoms with van der Waals surface area (Å²) in [6.45, 7) is 0.679. The van der Waals surface area contributed by atoms with Crippen LogP contribution in [0.1, 0.15) is 16.8 Å². The first-order chi connectivity index (χ1) is 10.3. The van der Waals surface area contributed by atoms with Gasteiger partial charge in [0, 0.05) is 30.2 Å². The summed E-state index contributed by atoms with van der Waals surface area (Å²) < 4.78 is 7.43. The molecule has 0 bridgehead atoms. The van der Waals surface area contributed by atoms with E-state index in [2.05, 4.69) is 4.57 Å². The third-order valence-corrected chi connectivity index (χ3v) is 3.95. The molecule has 0 amide bonds. The molecule has 0 atom stereocenters. The van der Waals surface area contributed by atoms with Crippen molar-refractivity contribution >= 4 is 16.8 Å². The van der Waals surface area contributed by atoms with Gasteiger partial charge in [0.25, 0.3) is 0 Å². The molecule has 1 aliphatic rings. The number of hydrogen-bond acceptors (Lipinski definition) is 3. The van der Waals surface area contributed by atoms with Gasteiger partial charge in [-0.2, -0.15) is 0 Å². The van der Waals surface area contributed by atoms with Crippen molar-refractivity contribution in [3.8, 4) is 17.1 Å². The number of carbonyl (C=O) groups excluding carboxylic acids is 1. The van der Waals surface area contributed by atoms with Gasteiger partial charge in [0.05, 0.1) is 18.1 Å². The zero-order chi connectivity index (χ0) is 14.4. The van der Waals surface area contributed by atoms with Crippen molar-refractivity contribution in [3.05, 3.63) is 48.0 Å². The maximum Gasteiger partial charge on any atom is 0.166 e. The van der Waals surface area contributed by atoms with Gasteiger partial charge in [0.1, 0.15) is 11.6 Å². The van der Waals surface area contributed by atoms with Crippen LogP contribution in [0.15, 0.2) is 42.5 Å². The van der Waals surface area contributed by atoms with Crippen molar-refractivity contribution in [1.29, 1.82) is 0 Å². The maximum atomic E-state index is 12.2. The van der Waals surface area contributed by atoms with Crippen LogP contribution < -0.4 is 4.74 Å². The molecule has 1 aliphatic heterocycles. The molecule has 3 aromatic rings. The van der Waals surface area contributed by atoms with Crippen LogP contribution >= 0.6 is 0 Å². The molecular formula is C17H14N2O2. The molecule has 21 heavy (non-hydrogen) atoms. The molecule has 0 saturated carbocycles. The van der Waals surface area contributed by atoms with Crippen molar-refractivity contribution in [2.24, 2.45) is 0 Å². The number of ketones is 1. The van der Waals surface area contributed by atoms with Crippen LogP contribution in [0.5, 0.6) is 5.75 Å². The van der Waals surface area contributed by atoms with E-state index in [1.165, 1.54) is 0 Å². The van der Waals surface area contributed by atoms with Gasteiger partial charge in [-0.15, -0.1) is 0 Å². The third kappa shape index (κ3) is 1.76. The van der Waals surface area contributed by atoms with Crippen LogP contribution in [0.2, 0.25) is 0 Å². The largest absolute Gasteiger partial charge is 0.497 e. The van der Waals surface area contributed by atoms with Crippen molar-refractivity contribution in [3.63, 3.8) is 0 Å². The fourth-order valence-corrected chi connectivity index (χ4v) is 2.95. The van der Waals surface area contributed by atoms with Gasteiger partial charge in [-0.3, -0.25) is 4.79 Å². The molecule has 4 heteroatoms. The quantitative estimate of drug-likeness (QED) is 0.722. The Morgan fingerprint density at radius 3 is 2.76 bits per heavy atom. The van der Waals surface area contributed by atoms with E-state index in [9.17, 15) is 4.79 Å². The molecule has 0 fully saturated rings. The van der Waals surface area contributed by atoms with E-state index in [1.54, 1.807) is 7.11 Å². The molecule has 2 heterocycles. The summed E-state index contributed by atoms with van der Waals surface area (Å²) in [6, 6.07) is 13.8. The third-order valence-electron chi connectivity index (χ3n) is 3.95. The zero-order valence-corrected chi connectivity index (χ0v) is 11.7. The molecule has 104 valence electrons. The highest BCUT2D eigenvalue weighted by Crippen LogP contribution is 2.33. The fraction of sp³-hybridized carbons (Fsp3) is 0.176. The van der Waals surface area contributed by atoms with Gasteiger partial charge >= 0.3 is 0 Å². The predicted molar refractivity (Wildman–Crippen MR) is 80.7 cm³/mol. The maximum absolute atomic E-state index is 12.2. The van der Waals surface area contributed by atoms with Gasteiger partial charge in [0.2, 0.25) is 0 Å². The highest BCUT2D eigenvalue weighted by atomic mass is 16.5. The number of nitrogens with zero attached hydrogens (tertiary/aromatic N) is 2. The Labute approximate surface area is 122 Å². The minimum atomic E-state index is 0.158. The van der Waals surface area contributed by atoms with Crippen LogP contribution in [-0.2, 0) is 6.54 Å². The number of carbonyl (C=O) groups is 1. The molecule has 0 spiro atoms. The smallest absolute Gasteiger partial charge is 0.166 e. The molecule has 0 radical (unpaired) electrons. The van der Waals surface area contributed by atoms with Gasteiger partial charge in [-0.1, -0.05) is 30.3 Å². The van der Waals surface area contributed by atoms with Gasteiger partial charge < -0.3 is 9.30 Å². The van der Waals surface area contributed by atoms with Crippen molar-refractivity contribution < 1.29 is 9.53 Å². The highest BCUT2D eigenvalue weighted by molar-refractivity contribution is 6.08. The second kappa shape index (κ2) is 4.45. The van der Waals surface area contributed by atoms with E-state index in [4.69, 9.17) is 9.72 Å².